The van der Waals surface area contributed by atoms with Crippen molar-refractivity contribution >= 4 is 11.7 Å². The molecule has 1 saturated heterocycles. The predicted octanol–water partition coefficient (Wildman–Crippen LogP) is 5.35. The first-order valence-corrected chi connectivity index (χ1v) is 16.3. The molecular weight excluding hydrogens is 639 g/mol. The normalized spacial score (nSPS) is 13.4. The van der Waals surface area contributed by atoms with E-state index in [1.807, 2.05) is 35.2 Å². The number of carbonyl (C=O) groups is 1. The summed E-state index contributed by atoms with van der Waals surface area (Å²) in [7, 11) is 0. The van der Waals surface area contributed by atoms with E-state index in [4.69, 9.17) is 14.9 Å². The molecule has 0 saturated carbocycles. The second kappa shape index (κ2) is 15.8. The number of aromatic nitrogens is 1. The van der Waals surface area contributed by atoms with Crippen molar-refractivity contribution in [3.05, 3.63) is 94.9 Å². The predicted molar refractivity (Wildman–Crippen MR) is 185 cm³/mol. The Morgan fingerprint density at radius 1 is 1.04 bits per heavy atom. The van der Waals surface area contributed by atoms with Crippen LogP contribution in [0.15, 0.2) is 66.9 Å². The Morgan fingerprint density at radius 3 is 2.36 bits per heavy atom. The number of aryl methyl sites for hydroxylation is 1. The van der Waals surface area contributed by atoms with E-state index in [2.05, 4.69) is 11.4 Å². The van der Waals surface area contributed by atoms with Gasteiger partial charge < -0.3 is 25.2 Å². The van der Waals surface area contributed by atoms with Gasteiger partial charge in [0, 0.05) is 49.4 Å². The zero-order valence-electron chi connectivity index (χ0n) is 27.9. The number of piperidine rings is 1. The first-order chi connectivity index (χ1) is 24.0. The quantitative estimate of drug-likeness (QED) is 0.0971. The second-order valence-electron chi connectivity index (χ2n) is 12.9. The van der Waals surface area contributed by atoms with Gasteiger partial charge in [-0.15, -0.1) is 0 Å². The van der Waals surface area contributed by atoms with Crippen LogP contribution in [0.5, 0.6) is 11.5 Å². The van der Waals surface area contributed by atoms with E-state index >= 15 is 0 Å². The molecule has 12 heteroatoms. The van der Waals surface area contributed by atoms with Crippen molar-refractivity contribution in [2.75, 3.05) is 24.6 Å². The summed E-state index contributed by atoms with van der Waals surface area (Å²) in [5.41, 5.74) is 4.58. The van der Waals surface area contributed by atoms with Crippen molar-refractivity contribution in [3.63, 3.8) is 0 Å². The highest BCUT2D eigenvalue weighted by atomic mass is 19.1. The smallest absolute Gasteiger partial charge is 0.243 e. The third-order valence-electron chi connectivity index (χ3n) is 8.58. The molecule has 0 bridgehead atoms. The number of nitrogens with one attached hydrogen (secondary N) is 2. The molecule has 0 aliphatic carbocycles. The maximum Gasteiger partial charge on any atom is 0.243 e. The number of hydroxylamine groups is 1. The number of halogens is 1. The summed E-state index contributed by atoms with van der Waals surface area (Å²) >= 11 is 0. The molecular formula is C38H39FN6O5. The zero-order valence-corrected chi connectivity index (χ0v) is 27.9. The highest BCUT2D eigenvalue weighted by Crippen LogP contribution is 2.41. The monoisotopic (exact) mass is 678 g/mol. The van der Waals surface area contributed by atoms with E-state index in [1.54, 1.807) is 43.7 Å². The van der Waals surface area contributed by atoms with Crippen LogP contribution >= 0.6 is 0 Å². The Balaban J connectivity index is 1.36. The Morgan fingerprint density at radius 2 is 1.74 bits per heavy atom. The summed E-state index contributed by atoms with van der Waals surface area (Å²) in [6.45, 7) is 5.05. The number of aliphatic hydroxyl groups is 1. The first-order valence-electron chi connectivity index (χ1n) is 16.3. The zero-order chi connectivity index (χ0) is 35.8. The topological polar surface area (TPSA) is 175 Å². The summed E-state index contributed by atoms with van der Waals surface area (Å²) in [5.74, 6) is -0.675. The number of hydrogen-bond acceptors (Lipinski definition) is 10. The molecule has 0 spiro atoms. The molecule has 50 heavy (non-hydrogen) atoms. The number of anilines is 1. The Bertz CT molecular complexity index is 1920. The van der Waals surface area contributed by atoms with Gasteiger partial charge in [0.1, 0.15) is 35.9 Å². The van der Waals surface area contributed by atoms with Crippen LogP contribution in [-0.4, -0.2) is 57.7 Å². The number of pyridine rings is 1. The van der Waals surface area contributed by atoms with Crippen LogP contribution in [0.2, 0.25) is 0 Å². The maximum absolute atomic E-state index is 15.0. The van der Waals surface area contributed by atoms with Gasteiger partial charge in [-0.25, -0.2) is 14.9 Å². The van der Waals surface area contributed by atoms with Crippen molar-refractivity contribution < 1.29 is 29.3 Å². The molecule has 5 rings (SSSR count). The fourth-order valence-corrected chi connectivity index (χ4v) is 5.88. The van der Waals surface area contributed by atoms with E-state index in [0.717, 1.165) is 24.0 Å². The first kappa shape index (κ1) is 35.8. The van der Waals surface area contributed by atoms with E-state index in [-0.39, 0.29) is 41.7 Å². The van der Waals surface area contributed by atoms with Crippen LogP contribution in [0.3, 0.4) is 0 Å². The lowest BCUT2D eigenvalue weighted by Crippen LogP contribution is -2.42. The number of carbonyl (C=O) groups excluding carboxylic acids is 1. The molecule has 1 aliphatic rings. The molecule has 0 radical (unpaired) electrons. The van der Waals surface area contributed by atoms with Gasteiger partial charge >= 0.3 is 0 Å². The third kappa shape index (κ3) is 8.73. The van der Waals surface area contributed by atoms with Gasteiger partial charge in [-0.3, -0.25) is 10.0 Å². The molecule has 0 unspecified atom stereocenters. The minimum atomic E-state index is -1.11. The number of hydrogen-bond donors (Lipinski definition) is 5. The van der Waals surface area contributed by atoms with E-state index in [0.29, 0.717) is 54.1 Å². The van der Waals surface area contributed by atoms with Crippen molar-refractivity contribution in [2.45, 2.75) is 57.7 Å². The van der Waals surface area contributed by atoms with Gasteiger partial charge in [0.25, 0.3) is 0 Å². The Hall–Kier alpha value is -5.53. The van der Waals surface area contributed by atoms with E-state index < -0.39 is 17.3 Å². The van der Waals surface area contributed by atoms with Crippen LogP contribution in [0.25, 0.3) is 22.3 Å². The standard InChI is InChI=1S/C38H39FN6O5/c1-38(2,48)23-50-34-11-10-26(18-33(34)46)31-22-43-37(30(20-41)36(31)27-8-9-28(19-40)32(39)17-27)45-15-13-29(14-16-45)42-21-25-5-3-24(4-6-25)7-12-35(47)44-49/h3-6,8-11,17-18,22,29,42,46,48-49H,7,12-16,21,23H2,1-2H3,(H,44,47). The molecule has 11 nitrogen and oxygen atoms in total. The van der Waals surface area contributed by atoms with Gasteiger partial charge in [0.05, 0.1) is 11.2 Å². The minimum Gasteiger partial charge on any atom is -0.504 e. The number of phenolic OH excluding ortho intramolecular Hbond substituents is 1. The number of nitrogens with zero attached hydrogens (tertiary/aromatic N) is 4. The van der Waals surface area contributed by atoms with Crippen LogP contribution in [-0.2, 0) is 17.8 Å². The van der Waals surface area contributed by atoms with Crippen LogP contribution in [0, 0.1) is 28.5 Å². The molecule has 2 heterocycles. The Labute approximate surface area is 290 Å². The fourth-order valence-electron chi connectivity index (χ4n) is 5.88. The average Bonchev–Trinajstić information content (AvgIpc) is 3.12. The summed E-state index contributed by atoms with van der Waals surface area (Å²) < 4.78 is 20.5. The number of benzene rings is 3. The molecule has 258 valence electrons. The number of aromatic hydroxyl groups is 1. The van der Waals surface area contributed by atoms with Crippen LogP contribution < -0.4 is 20.4 Å². The number of nitriles is 2. The van der Waals surface area contributed by atoms with Gasteiger partial charge in [-0.1, -0.05) is 36.4 Å². The summed E-state index contributed by atoms with van der Waals surface area (Å²) in [4.78, 5) is 18.1. The number of rotatable bonds is 12. The number of amides is 1. The van der Waals surface area contributed by atoms with Crippen molar-refractivity contribution in [3.8, 4) is 45.9 Å². The molecule has 1 amide bonds. The SMILES string of the molecule is CC(C)(O)COc1ccc(-c2cnc(N3CCC(NCc4ccc(CCC(=O)NO)cc4)CC3)c(C#N)c2-c2ccc(C#N)c(F)c2)cc1O. The molecule has 4 aromatic rings. The van der Waals surface area contributed by atoms with Crippen molar-refractivity contribution in [2.24, 2.45) is 0 Å². The van der Waals surface area contributed by atoms with E-state index in [1.165, 1.54) is 18.2 Å². The number of ether oxygens (including phenoxy) is 1. The molecule has 0 atom stereocenters. The summed E-state index contributed by atoms with van der Waals surface area (Å²) in [5, 5.41) is 52.9. The molecule has 1 fully saturated rings. The lowest BCUT2D eigenvalue weighted by Gasteiger charge is -2.34. The molecule has 3 aromatic carbocycles. The maximum atomic E-state index is 15.0. The Kier molecular flexibility index (Phi) is 11.3. The van der Waals surface area contributed by atoms with Crippen LogP contribution in [0.1, 0.15) is 55.4 Å². The number of phenols is 1. The summed E-state index contributed by atoms with van der Waals surface area (Å²) in [6, 6.07) is 21.3. The average molecular weight is 679 g/mol. The highest BCUT2D eigenvalue weighted by molar-refractivity contribution is 5.90. The molecule has 1 aliphatic heterocycles. The third-order valence-corrected chi connectivity index (χ3v) is 8.58. The lowest BCUT2D eigenvalue weighted by atomic mass is 9.91. The molecule has 1 aromatic heterocycles. The van der Waals surface area contributed by atoms with Crippen LogP contribution in [0.4, 0.5) is 10.2 Å². The van der Waals surface area contributed by atoms with Gasteiger partial charge in [0.15, 0.2) is 11.5 Å². The second-order valence-corrected chi connectivity index (χ2v) is 12.9. The van der Waals surface area contributed by atoms with Crippen molar-refractivity contribution in [1.29, 1.82) is 10.5 Å². The van der Waals surface area contributed by atoms with Gasteiger partial charge in [-0.2, -0.15) is 10.5 Å². The van der Waals surface area contributed by atoms with Gasteiger partial charge in [0.2, 0.25) is 5.91 Å². The molecule has 5 N–H and O–H groups in total. The minimum absolute atomic E-state index is 0.0428. The largest absolute Gasteiger partial charge is 0.504 e. The lowest BCUT2D eigenvalue weighted by molar-refractivity contribution is -0.129. The van der Waals surface area contributed by atoms with E-state index in [9.17, 15) is 29.9 Å². The van der Waals surface area contributed by atoms with Gasteiger partial charge in [-0.05, 0) is 79.6 Å². The summed E-state index contributed by atoms with van der Waals surface area (Å²) in [6.07, 6.45) is 3.94. The highest BCUT2D eigenvalue weighted by Gasteiger charge is 2.26. The fraction of sp³-hybridized carbons (Fsp3) is 0.316. The van der Waals surface area contributed by atoms with Crippen molar-refractivity contribution in [1.82, 2.24) is 15.8 Å².